The molecule has 368 valence electrons. The molecule has 0 N–H and O–H groups in total. The normalized spacial score (nSPS) is 13.0. The topological polar surface area (TPSA) is 266 Å². The van der Waals surface area contributed by atoms with Gasteiger partial charge in [-0.15, -0.1) is 26.3 Å². The van der Waals surface area contributed by atoms with Gasteiger partial charge in [0, 0.05) is 70.2 Å². The predicted octanol–water partition coefficient (Wildman–Crippen LogP) is 7.36. The van der Waals surface area contributed by atoms with Gasteiger partial charge in [-0.2, -0.15) is 0 Å². The summed E-state index contributed by atoms with van der Waals surface area (Å²) in [4.78, 5) is -2.98. The molecule has 16 nitrogen and oxygen atoms in total. The summed E-state index contributed by atoms with van der Waals surface area (Å²) in [6.45, 7) is 14.9. The molecule has 0 saturated carbocycles. The third-order valence-corrected chi connectivity index (χ3v) is 14.0. The van der Waals surface area contributed by atoms with Crippen molar-refractivity contribution in [3.8, 4) is 23.0 Å². The van der Waals surface area contributed by atoms with Gasteiger partial charge in [-0.1, -0.05) is 24.3 Å². The second-order valence-corrected chi connectivity index (χ2v) is 21.4. The van der Waals surface area contributed by atoms with Crippen LogP contribution in [0.3, 0.4) is 0 Å². The summed E-state index contributed by atoms with van der Waals surface area (Å²) in [6, 6.07) is 8.32. The third kappa shape index (κ3) is 14.4. The number of hydrogen-bond acceptors (Lipinski definition) is 16. The van der Waals surface area contributed by atoms with Gasteiger partial charge in [-0.3, -0.25) is 0 Å². The van der Waals surface area contributed by atoms with Crippen molar-refractivity contribution < 1.29 is 70.8 Å². The van der Waals surface area contributed by atoms with Gasteiger partial charge < -0.3 is 37.2 Å². The molecule has 1 aliphatic carbocycles. The summed E-state index contributed by atoms with van der Waals surface area (Å²) < 4.78 is 181. The lowest BCUT2D eigenvalue weighted by molar-refractivity contribution is 0.299. The first kappa shape index (κ1) is 53.6. The molecule has 0 saturated heterocycles. The SMILES string of the molecule is C=CCCCOc1c2cc(S(=O)(=O)[O-])cc1Cc1cc(S(=O)(=O)[O-])cc(c1OCCCC=C)Cc1cc(S(=O)(=O)[O-])cc(c1OCCCC=C)Cc1cc(S(=O)(=O)[O-])cc(c1OCCCC=C)C2. The minimum absolute atomic E-state index is 0.000732. The van der Waals surface area contributed by atoms with Crippen LogP contribution in [0.5, 0.6) is 23.0 Å². The standard InChI is InChI=1S/C48H56O16S4/c1-5-9-13-17-61-45-33-21-35-27-42(66(52,53)54)29-37(46(35)62-18-14-10-6-2)23-39-31-44(68(58,59)60)32-40(48(39)64-20-16-12-8-4)24-38-30-43(67(55,56)57)28-36(47(38)63-19-15-11-7-3)22-34(45)26-41(25-33)65(49,50)51/h5-8,25-32H,1-4,9-24H2,(H,49,50,51)(H,52,53,54)(H,55,56,57)(H,58,59,60)/p-4. The number of unbranched alkanes of at least 4 members (excludes halogenated alkanes) is 4. The minimum atomic E-state index is -5.27. The average molecular weight is 1010 g/mol. The zero-order valence-corrected chi connectivity index (χ0v) is 40.5. The zero-order chi connectivity index (χ0) is 49.9. The number of fused-ring (bicyclic) bond motifs is 8. The van der Waals surface area contributed by atoms with Gasteiger partial charge in [0.1, 0.15) is 63.5 Å². The number of hydrogen-bond donors (Lipinski definition) is 0. The van der Waals surface area contributed by atoms with E-state index in [0.29, 0.717) is 51.4 Å². The van der Waals surface area contributed by atoms with Crippen molar-refractivity contribution in [3.05, 3.63) is 144 Å². The lowest BCUT2D eigenvalue weighted by Crippen LogP contribution is -2.14. The molecule has 0 fully saturated rings. The van der Waals surface area contributed by atoms with E-state index >= 15 is 0 Å². The Hall–Kier alpha value is -5.32. The second kappa shape index (κ2) is 23.3. The maximum absolute atomic E-state index is 12.9. The van der Waals surface area contributed by atoms with Crippen LogP contribution in [0.15, 0.2) is 119 Å². The van der Waals surface area contributed by atoms with Crippen LogP contribution in [0.25, 0.3) is 0 Å². The lowest BCUT2D eigenvalue weighted by atomic mass is 9.91. The van der Waals surface area contributed by atoms with Gasteiger partial charge >= 0.3 is 0 Å². The molecule has 0 aromatic heterocycles. The van der Waals surface area contributed by atoms with Crippen LogP contribution in [-0.4, -0.2) is 78.3 Å². The Morgan fingerprint density at radius 2 is 0.515 bits per heavy atom. The second-order valence-electron chi connectivity index (χ2n) is 15.9. The van der Waals surface area contributed by atoms with Gasteiger partial charge in [-0.25, -0.2) is 33.7 Å². The molecule has 68 heavy (non-hydrogen) atoms. The summed E-state index contributed by atoms with van der Waals surface area (Å²) >= 11 is 0. The van der Waals surface area contributed by atoms with Crippen molar-refractivity contribution in [1.82, 2.24) is 0 Å². The summed E-state index contributed by atoms with van der Waals surface area (Å²) in [6.07, 6.45) is 8.32. The van der Waals surface area contributed by atoms with Crippen molar-refractivity contribution in [3.63, 3.8) is 0 Å². The Kier molecular flexibility index (Phi) is 18.4. The largest absolute Gasteiger partial charge is 0.744 e. The van der Waals surface area contributed by atoms with Crippen LogP contribution < -0.4 is 18.9 Å². The molecule has 8 bridgehead atoms. The van der Waals surface area contributed by atoms with Crippen LogP contribution in [0, 0.1) is 0 Å². The summed E-state index contributed by atoms with van der Waals surface area (Å²) in [5, 5.41) is 0. The average Bonchev–Trinajstić information content (AvgIpc) is 3.24. The van der Waals surface area contributed by atoms with E-state index < -0.39 is 85.7 Å². The molecule has 4 aromatic carbocycles. The molecule has 1 aliphatic rings. The fraction of sp³-hybridized carbons (Fsp3) is 0.333. The molecule has 0 heterocycles. The van der Waals surface area contributed by atoms with E-state index in [1.54, 1.807) is 24.3 Å². The first-order chi connectivity index (χ1) is 32.1. The molecule has 0 atom stereocenters. The van der Waals surface area contributed by atoms with Gasteiger partial charge in [0.05, 0.1) is 46.0 Å². The van der Waals surface area contributed by atoms with Crippen molar-refractivity contribution >= 4 is 40.5 Å². The summed E-state index contributed by atoms with van der Waals surface area (Å²) in [5.74, 6) is 0.0125. The molecular weight excluding hydrogens is 961 g/mol. The highest BCUT2D eigenvalue weighted by Gasteiger charge is 2.27. The van der Waals surface area contributed by atoms with E-state index in [-0.39, 0.29) is 93.9 Å². The van der Waals surface area contributed by atoms with E-state index in [1.807, 2.05) is 0 Å². The van der Waals surface area contributed by atoms with Crippen LogP contribution >= 0.6 is 0 Å². The lowest BCUT2D eigenvalue weighted by Gasteiger charge is -2.25. The zero-order valence-electron chi connectivity index (χ0n) is 37.2. The van der Waals surface area contributed by atoms with Crippen LogP contribution in [0.1, 0.15) is 95.9 Å². The Labute approximate surface area is 399 Å². The molecule has 0 amide bonds. The number of allylic oxidation sites excluding steroid dienone is 4. The van der Waals surface area contributed by atoms with Crippen LogP contribution in [0.4, 0.5) is 0 Å². The molecule has 0 unspecified atom stereocenters. The Balaban J connectivity index is 2.03. The highest BCUT2D eigenvalue weighted by molar-refractivity contribution is 7.86. The molecular formula is C48H52O16S4-4. The van der Waals surface area contributed by atoms with Gasteiger partial charge in [0.2, 0.25) is 0 Å². The first-order valence-corrected chi connectivity index (χ1v) is 27.1. The Morgan fingerprint density at radius 3 is 0.647 bits per heavy atom. The monoisotopic (exact) mass is 1010 g/mol. The van der Waals surface area contributed by atoms with Crippen molar-refractivity contribution in [2.45, 2.75) is 96.6 Å². The minimum Gasteiger partial charge on any atom is -0.744 e. The third-order valence-electron chi connectivity index (χ3n) is 10.7. The quantitative estimate of drug-likeness (QED) is 0.0332. The highest BCUT2D eigenvalue weighted by atomic mass is 32.2. The maximum Gasteiger partial charge on any atom is 0.126 e. The summed E-state index contributed by atoms with van der Waals surface area (Å²) in [5.41, 5.74) is -0.00586. The van der Waals surface area contributed by atoms with E-state index in [1.165, 1.54) is 0 Å². The number of ether oxygens (including phenoxy) is 4. The summed E-state index contributed by atoms with van der Waals surface area (Å²) in [7, 11) is -21.1. The molecule has 0 aliphatic heterocycles. The molecule has 20 heteroatoms. The number of rotatable bonds is 24. The van der Waals surface area contributed by atoms with E-state index in [4.69, 9.17) is 18.9 Å². The van der Waals surface area contributed by atoms with Gasteiger partial charge in [0.15, 0.2) is 0 Å². The maximum atomic E-state index is 12.9. The first-order valence-electron chi connectivity index (χ1n) is 21.5. The van der Waals surface area contributed by atoms with Crippen molar-refractivity contribution in [1.29, 1.82) is 0 Å². The van der Waals surface area contributed by atoms with E-state index in [2.05, 4.69) is 26.3 Å². The predicted molar refractivity (Wildman–Crippen MR) is 249 cm³/mol. The van der Waals surface area contributed by atoms with E-state index in [9.17, 15) is 51.9 Å². The van der Waals surface area contributed by atoms with Crippen molar-refractivity contribution in [2.24, 2.45) is 0 Å². The molecule has 0 radical (unpaired) electrons. The number of benzene rings is 4. The fourth-order valence-corrected chi connectivity index (χ4v) is 9.98. The van der Waals surface area contributed by atoms with Crippen LogP contribution in [0.2, 0.25) is 0 Å². The molecule has 5 rings (SSSR count). The van der Waals surface area contributed by atoms with E-state index in [0.717, 1.165) is 48.5 Å². The highest BCUT2D eigenvalue weighted by Crippen LogP contribution is 2.42. The van der Waals surface area contributed by atoms with Crippen LogP contribution in [-0.2, 0) is 66.2 Å². The smallest absolute Gasteiger partial charge is 0.126 e. The Bertz CT molecular complexity index is 2500. The Morgan fingerprint density at radius 1 is 0.353 bits per heavy atom. The fourth-order valence-electron chi connectivity index (χ4n) is 7.69. The van der Waals surface area contributed by atoms with Crippen molar-refractivity contribution in [2.75, 3.05) is 26.4 Å². The molecule has 0 spiro atoms. The van der Waals surface area contributed by atoms with Gasteiger partial charge in [-0.05, 0) is 99.9 Å². The molecule has 4 aromatic rings. The van der Waals surface area contributed by atoms with Gasteiger partial charge in [0.25, 0.3) is 0 Å².